The first kappa shape index (κ1) is 10.2. The van der Waals surface area contributed by atoms with Gasteiger partial charge in [0, 0.05) is 0 Å². The molecule has 1 N–H and O–H groups in total. The number of rotatable bonds is 4. The van der Waals surface area contributed by atoms with Crippen molar-refractivity contribution in [3.05, 3.63) is 0 Å². The zero-order valence-corrected chi connectivity index (χ0v) is 7.84. The number of nitrogens with one attached hydrogen (secondary N) is 1. The molecular weight excluding hydrogens is 170 g/mol. The van der Waals surface area contributed by atoms with Crippen molar-refractivity contribution in [1.82, 2.24) is 5.48 Å². The van der Waals surface area contributed by atoms with Gasteiger partial charge in [0.05, 0.1) is 12.5 Å². The highest BCUT2D eigenvalue weighted by molar-refractivity contribution is 5.96. The van der Waals surface area contributed by atoms with Gasteiger partial charge in [0.15, 0.2) is 0 Å². The molecule has 1 aliphatic rings. The molecule has 1 amide bonds. The number of hydrogen-bond donors (Lipinski definition) is 1. The average molecular weight is 185 g/mol. The maximum Gasteiger partial charge on any atom is 0.250 e. The maximum absolute atomic E-state index is 11.0. The number of hydrogen-bond acceptors (Lipinski definition) is 3. The Hall–Kier alpha value is -0.900. The summed E-state index contributed by atoms with van der Waals surface area (Å²) in [6, 6.07) is 0. The van der Waals surface area contributed by atoms with E-state index >= 15 is 0 Å². The van der Waals surface area contributed by atoms with Gasteiger partial charge in [-0.05, 0) is 19.8 Å². The molecule has 0 bridgehead atoms. The van der Waals surface area contributed by atoms with E-state index in [2.05, 4.69) is 5.48 Å². The predicted octanol–water partition coefficient (Wildman–Crippen LogP) is 0.956. The normalized spacial score (nSPS) is 17.3. The zero-order valence-electron chi connectivity index (χ0n) is 7.84. The Labute approximate surface area is 77.6 Å². The standard InChI is InChI=1S/C9H15NO3/c1-7(11)6-9(12)10-13-8-4-2-3-5-8/h8H,2-6H2,1H3,(H,10,12). The Bertz CT molecular complexity index is 197. The van der Waals surface area contributed by atoms with E-state index < -0.39 is 0 Å². The molecule has 1 rings (SSSR count). The van der Waals surface area contributed by atoms with Crippen molar-refractivity contribution in [2.24, 2.45) is 0 Å². The van der Waals surface area contributed by atoms with Crippen molar-refractivity contribution < 1.29 is 14.4 Å². The molecule has 0 aromatic carbocycles. The van der Waals surface area contributed by atoms with Crippen molar-refractivity contribution >= 4 is 11.7 Å². The summed E-state index contributed by atoms with van der Waals surface area (Å²) in [4.78, 5) is 26.6. The molecule has 0 aliphatic heterocycles. The number of ketones is 1. The average Bonchev–Trinajstić information content (AvgIpc) is 2.51. The summed E-state index contributed by atoms with van der Waals surface area (Å²) in [5.41, 5.74) is 2.30. The lowest BCUT2D eigenvalue weighted by Crippen LogP contribution is -2.29. The van der Waals surface area contributed by atoms with Crippen LogP contribution in [0.1, 0.15) is 39.0 Å². The lowest BCUT2D eigenvalue weighted by atomic mass is 10.3. The summed E-state index contributed by atoms with van der Waals surface area (Å²) in [5, 5.41) is 0. The van der Waals surface area contributed by atoms with Crippen LogP contribution in [0.4, 0.5) is 0 Å². The van der Waals surface area contributed by atoms with Crippen LogP contribution in [0.2, 0.25) is 0 Å². The summed E-state index contributed by atoms with van der Waals surface area (Å²) < 4.78 is 0. The smallest absolute Gasteiger partial charge is 0.250 e. The number of amides is 1. The second kappa shape index (κ2) is 4.97. The first-order valence-corrected chi connectivity index (χ1v) is 4.62. The van der Waals surface area contributed by atoms with Crippen LogP contribution in [0.5, 0.6) is 0 Å². The van der Waals surface area contributed by atoms with Gasteiger partial charge >= 0.3 is 0 Å². The van der Waals surface area contributed by atoms with Crippen LogP contribution in [-0.4, -0.2) is 17.8 Å². The van der Waals surface area contributed by atoms with Crippen LogP contribution < -0.4 is 5.48 Å². The van der Waals surface area contributed by atoms with Gasteiger partial charge in [-0.3, -0.25) is 14.4 Å². The van der Waals surface area contributed by atoms with E-state index in [9.17, 15) is 9.59 Å². The molecule has 1 aliphatic carbocycles. The zero-order chi connectivity index (χ0) is 9.68. The fraction of sp³-hybridized carbons (Fsp3) is 0.778. The number of carbonyl (C=O) groups excluding carboxylic acids is 2. The Kier molecular flexibility index (Phi) is 3.89. The highest BCUT2D eigenvalue weighted by Gasteiger charge is 2.16. The van der Waals surface area contributed by atoms with Gasteiger partial charge in [-0.15, -0.1) is 0 Å². The second-order valence-electron chi connectivity index (χ2n) is 3.43. The fourth-order valence-corrected chi connectivity index (χ4v) is 1.42. The third-order valence-corrected chi connectivity index (χ3v) is 2.05. The molecule has 0 heterocycles. The third-order valence-electron chi connectivity index (χ3n) is 2.05. The Morgan fingerprint density at radius 1 is 1.38 bits per heavy atom. The first-order chi connectivity index (χ1) is 6.18. The van der Waals surface area contributed by atoms with Gasteiger partial charge in [0.25, 0.3) is 5.91 Å². The van der Waals surface area contributed by atoms with E-state index in [0.717, 1.165) is 25.7 Å². The lowest BCUT2D eigenvalue weighted by Gasteiger charge is -2.10. The van der Waals surface area contributed by atoms with Gasteiger partial charge in [0.2, 0.25) is 0 Å². The number of hydroxylamine groups is 1. The summed E-state index contributed by atoms with van der Waals surface area (Å²) in [6.45, 7) is 1.38. The molecule has 0 saturated heterocycles. The van der Waals surface area contributed by atoms with E-state index in [1.165, 1.54) is 6.92 Å². The van der Waals surface area contributed by atoms with Crippen LogP contribution in [0.25, 0.3) is 0 Å². The molecule has 4 nitrogen and oxygen atoms in total. The minimum Gasteiger partial charge on any atom is -0.299 e. The quantitative estimate of drug-likeness (QED) is 0.524. The van der Waals surface area contributed by atoms with Crippen LogP contribution in [0.3, 0.4) is 0 Å². The van der Waals surface area contributed by atoms with E-state index in [4.69, 9.17) is 4.84 Å². The van der Waals surface area contributed by atoms with Crippen molar-refractivity contribution in [1.29, 1.82) is 0 Å². The predicted molar refractivity (Wildman–Crippen MR) is 46.8 cm³/mol. The number of carbonyl (C=O) groups is 2. The van der Waals surface area contributed by atoms with E-state index in [1.54, 1.807) is 0 Å². The number of Topliss-reactive ketones (excluding diaryl/α,β-unsaturated/α-hetero) is 1. The van der Waals surface area contributed by atoms with Crippen molar-refractivity contribution in [2.45, 2.75) is 45.1 Å². The Balaban J connectivity index is 2.10. The van der Waals surface area contributed by atoms with Crippen LogP contribution >= 0.6 is 0 Å². The van der Waals surface area contributed by atoms with Gasteiger partial charge < -0.3 is 0 Å². The van der Waals surface area contributed by atoms with Gasteiger partial charge in [0.1, 0.15) is 5.78 Å². The largest absolute Gasteiger partial charge is 0.299 e. The summed E-state index contributed by atoms with van der Waals surface area (Å²) in [6.07, 6.45) is 4.38. The monoisotopic (exact) mass is 185 g/mol. The second-order valence-corrected chi connectivity index (χ2v) is 3.43. The Morgan fingerprint density at radius 3 is 2.54 bits per heavy atom. The highest BCUT2D eigenvalue weighted by Crippen LogP contribution is 2.19. The molecule has 74 valence electrons. The molecule has 1 saturated carbocycles. The molecule has 0 aromatic heterocycles. The molecule has 4 heteroatoms. The van der Waals surface area contributed by atoms with Gasteiger partial charge in [-0.1, -0.05) is 12.8 Å². The molecule has 0 unspecified atom stereocenters. The summed E-state index contributed by atoms with van der Waals surface area (Å²) >= 11 is 0. The minimum atomic E-state index is -0.348. The third kappa shape index (κ3) is 4.03. The van der Waals surface area contributed by atoms with Crippen molar-refractivity contribution in [3.63, 3.8) is 0 Å². The van der Waals surface area contributed by atoms with Gasteiger partial charge in [-0.25, -0.2) is 5.48 Å². The molecule has 0 radical (unpaired) electrons. The topological polar surface area (TPSA) is 55.4 Å². The van der Waals surface area contributed by atoms with Crippen LogP contribution in [0.15, 0.2) is 0 Å². The summed E-state index contributed by atoms with van der Waals surface area (Å²) in [5.74, 6) is -0.494. The first-order valence-electron chi connectivity index (χ1n) is 4.62. The molecular formula is C9H15NO3. The van der Waals surface area contributed by atoms with Crippen LogP contribution in [0, 0.1) is 0 Å². The van der Waals surface area contributed by atoms with E-state index in [1.807, 2.05) is 0 Å². The van der Waals surface area contributed by atoms with E-state index in [-0.39, 0.29) is 24.2 Å². The van der Waals surface area contributed by atoms with Crippen LogP contribution in [-0.2, 0) is 14.4 Å². The molecule has 0 atom stereocenters. The SMILES string of the molecule is CC(=O)CC(=O)NOC1CCCC1. The fourth-order valence-electron chi connectivity index (χ4n) is 1.42. The van der Waals surface area contributed by atoms with Crippen molar-refractivity contribution in [3.8, 4) is 0 Å². The maximum atomic E-state index is 11.0. The molecule has 0 spiro atoms. The highest BCUT2D eigenvalue weighted by atomic mass is 16.7. The van der Waals surface area contributed by atoms with Crippen molar-refractivity contribution in [2.75, 3.05) is 0 Å². The summed E-state index contributed by atoms with van der Waals surface area (Å²) in [7, 11) is 0. The Morgan fingerprint density at radius 2 is 2.00 bits per heavy atom. The van der Waals surface area contributed by atoms with E-state index in [0.29, 0.717) is 0 Å². The molecule has 0 aromatic rings. The minimum absolute atomic E-state index is 0.0906. The molecule has 1 fully saturated rings. The lowest BCUT2D eigenvalue weighted by molar-refractivity contribution is -0.140. The molecule has 13 heavy (non-hydrogen) atoms. The van der Waals surface area contributed by atoms with Gasteiger partial charge in [-0.2, -0.15) is 0 Å².